The molecular weight excluding hydrogens is 258 g/mol. The van der Waals surface area contributed by atoms with Crippen molar-refractivity contribution < 1.29 is 24.9 Å². The van der Waals surface area contributed by atoms with Crippen molar-refractivity contribution in [1.29, 1.82) is 0 Å². The second kappa shape index (κ2) is 4.42. The van der Waals surface area contributed by atoms with Gasteiger partial charge in [0.2, 0.25) is 0 Å². The van der Waals surface area contributed by atoms with Crippen molar-refractivity contribution in [3.8, 4) is 0 Å². The lowest BCUT2D eigenvalue weighted by Crippen LogP contribution is -2.44. The van der Waals surface area contributed by atoms with E-state index in [1.165, 1.54) is 6.92 Å². The predicted octanol–water partition coefficient (Wildman–Crippen LogP) is -3.04. The maximum atomic E-state index is 11.0. The van der Waals surface area contributed by atoms with E-state index in [9.17, 15) is 15.0 Å². The number of nitrogens with two attached hydrogens (primary N) is 2. The number of amides is 1. The number of aliphatic hydroxyl groups is 3. The minimum absolute atomic E-state index is 0.191. The summed E-state index contributed by atoms with van der Waals surface area (Å²) in [5, 5.41) is 36.1. The summed E-state index contributed by atoms with van der Waals surface area (Å²) in [7, 11) is 0. The molecule has 1 aliphatic rings. The van der Waals surface area contributed by atoms with E-state index in [1.54, 1.807) is 0 Å². The van der Waals surface area contributed by atoms with E-state index in [1.807, 2.05) is 0 Å². The summed E-state index contributed by atoms with van der Waals surface area (Å²) in [4.78, 5) is 11.0. The van der Waals surface area contributed by atoms with Crippen molar-refractivity contribution in [2.75, 3.05) is 12.3 Å². The zero-order chi connectivity index (χ0) is 14.4. The number of hydrogen-bond donors (Lipinski definition) is 5. The summed E-state index contributed by atoms with van der Waals surface area (Å²) < 4.78 is 6.22. The smallest absolute Gasteiger partial charge is 0.273 e. The number of primary amides is 1. The van der Waals surface area contributed by atoms with Crippen LogP contribution in [0.4, 0.5) is 5.82 Å². The van der Waals surface area contributed by atoms with Crippen LogP contribution in [0.3, 0.4) is 0 Å². The Labute approximate surface area is 107 Å². The van der Waals surface area contributed by atoms with Crippen LogP contribution in [0.15, 0.2) is 0 Å². The number of nitrogens with zero attached hydrogens (tertiary/aromatic N) is 3. The average Bonchev–Trinajstić information content (AvgIpc) is 2.80. The van der Waals surface area contributed by atoms with Crippen molar-refractivity contribution in [1.82, 2.24) is 15.0 Å². The molecule has 106 valence electrons. The number of anilines is 1. The minimum Gasteiger partial charge on any atom is -0.394 e. The quantitative estimate of drug-likeness (QED) is 0.387. The fraction of sp³-hybridized carbons (Fsp3) is 0.667. The molecule has 4 atom stereocenters. The normalized spacial score (nSPS) is 34.6. The molecule has 1 amide bonds. The van der Waals surface area contributed by atoms with Crippen LogP contribution >= 0.6 is 0 Å². The molecule has 2 rings (SSSR count). The number of aliphatic hydroxyl groups excluding tert-OH is 2. The lowest BCUT2D eigenvalue weighted by Gasteiger charge is -2.26. The first-order valence-electron chi connectivity index (χ1n) is 5.48. The zero-order valence-electron chi connectivity index (χ0n) is 10.1. The van der Waals surface area contributed by atoms with Gasteiger partial charge in [-0.25, -0.2) is 0 Å². The van der Waals surface area contributed by atoms with E-state index in [0.29, 0.717) is 0 Å². The molecule has 0 aliphatic carbocycles. The topological polar surface area (TPSA) is 170 Å². The summed E-state index contributed by atoms with van der Waals surface area (Å²) in [5.74, 6) is -1.07. The predicted molar refractivity (Wildman–Crippen MR) is 60.6 cm³/mol. The number of aromatic nitrogens is 3. The highest BCUT2D eigenvalue weighted by Crippen LogP contribution is 2.38. The van der Waals surface area contributed by atoms with Crippen LogP contribution < -0.4 is 11.5 Å². The van der Waals surface area contributed by atoms with Crippen LogP contribution in [-0.2, 0) is 4.74 Å². The van der Waals surface area contributed by atoms with Gasteiger partial charge in [-0.3, -0.25) is 4.79 Å². The second-order valence-electron chi connectivity index (χ2n) is 4.51. The molecule has 0 spiro atoms. The largest absolute Gasteiger partial charge is 0.394 e. The highest BCUT2D eigenvalue weighted by atomic mass is 16.6. The van der Waals surface area contributed by atoms with E-state index < -0.39 is 36.6 Å². The molecule has 0 aromatic carbocycles. The molecule has 0 saturated carbocycles. The van der Waals surface area contributed by atoms with Crippen molar-refractivity contribution >= 4 is 11.7 Å². The third-order valence-corrected chi connectivity index (χ3v) is 3.12. The van der Waals surface area contributed by atoms with Gasteiger partial charge in [0.05, 0.1) is 6.61 Å². The third kappa shape index (κ3) is 1.94. The van der Waals surface area contributed by atoms with Crippen LogP contribution in [0.25, 0.3) is 0 Å². The van der Waals surface area contributed by atoms with Crippen molar-refractivity contribution in [3.05, 3.63) is 5.69 Å². The number of rotatable bonds is 3. The van der Waals surface area contributed by atoms with E-state index in [0.717, 1.165) is 4.68 Å². The van der Waals surface area contributed by atoms with Gasteiger partial charge in [-0.2, -0.15) is 4.68 Å². The van der Waals surface area contributed by atoms with Crippen molar-refractivity contribution in [3.63, 3.8) is 0 Å². The van der Waals surface area contributed by atoms with E-state index in [4.69, 9.17) is 21.3 Å². The number of ether oxygens (including phenoxy) is 1. The molecular formula is C9H15N5O5. The Balaban J connectivity index is 2.40. The van der Waals surface area contributed by atoms with Crippen molar-refractivity contribution in [2.45, 2.75) is 31.0 Å². The van der Waals surface area contributed by atoms with Gasteiger partial charge in [-0.05, 0) is 6.92 Å². The molecule has 1 aromatic rings. The van der Waals surface area contributed by atoms with Crippen LogP contribution in [0, 0.1) is 0 Å². The zero-order valence-corrected chi connectivity index (χ0v) is 10.1. The first-order valence-corrected chi connectivity index (χ1v) is 5.48. The molecule has 0 unspecified atom stereocenters. The monoisotopic (exact) mass is 273 g/mol. The van der Waals surface area contributed by atoms with Gasteiger partial charge >= 0.3 is 0 Å². The van der Waals surface area contributed by atoms with Gasteiger partial charge in [0.1, 0.15) is 17.8 Å². The number of carbonyl (C=O) groups excluding carboxylic acids is 1. The Bertz CT molecular complexity index is 501. The molecule has 7 N–H and O–H groups in total. The number of hydrogen-bond acceptors (Lipinski definition) is 8. The standard InChI is InChI=1S/C9H15N5O5/c1-9(18)5(16)3(2-15)19-8(9)14-6(10)4(7(11)17)12-13-14/h3,5,8,15-16,18H,2,10H2,1H3,(H2,11,17)/t3-,5-,8-,9-/m1/s1. The average molecular weight is 273 g/mol. The first-order chi connectivity index (χ1) is 8.80. The van der Waals surface area contributed by atoms with Gasteiger partial charge < -0.3 is 31.5 Å². The molecule has 0 radical (unpaired) electrons. The van der Waals surface area contributed by atoms with Gasteiger partial charge in [0.25, 0.3) is 5.91 Å². The highest BCUT2D eigenvalue weighted by Gasteiger charge is 2.54. The van der Waals surface area contributed by atoms with Gasteiger partial charge in [-0.15, -0.1) is 5.10 Å². The Morgan fingerprint density at radius 3 is 2.68 bits per heavy atom. The molecule has 10 heteroatoms. The van der Waals surface area contributed by atoms with Gasteiger partial charge in [0.15, 0.2) is 17.7 Å². The molecule has 0 bridgehead atoms. The van der Waals surface area contributed by atoms with Gasteiger partial charge in [-0.1, -0.05) is 5.21 Å². The minimum atomic E-state index is -1.76. The third-order valence-electron chi connectivity index (χ3n) is 3.12. The molecule has 19 heavy (non-hydrogen) atoms. The van der Waals surface area contributed by atoms with Crippen LogP contribution in [0.5, 0.6) is 0 Å². The van der Waals surface area contributed by atoms with Gasteiger partial charge in [0, 0.05) is 0 Å². The van der Waals surface area contributed by atoms with Crippen LogP contribution in [-0.4, -0.2) is 60.6 Å². The maximum Gasteiger partial charge on any atom is 0.273 e. The number of carbonyl (C=O) groups is 1. The lowest BCUT2D eigenvalue weighted by molar-refractivity contribution is -0.102. The van der Waals surface area contributed by atoms with E-state index in [-0.39, 0.29) is 11.5 Å². The molecule has 2 heterocycles. The Morgan fingerprint density at radius 1 is 1.63 bits per heavy atom. The molecule has 1 aliphatic heterocycles. The Hall–Kier alpha value is -1.75. The summed E-state index contributed by atoms with van der Waals surface area (Å²) in [6, 6.07) is 0. The summed E-state index contributed by atoms with van der Waals surface area (Å²) in [6.45, 7) is 0.800. The SMILES string of the molecule is C[C@@]1(O)[C@H](O)[C@@H](CO)O[C@H]1n1nnc(C(N)=O)c1N. The fourth-order valence-electron chi connectivity index (χ4n) is 2.00. The van der Waals surface area contributed by atoms with Crippen LogP contribution in [0.2, 0.25) is 0 Å². The fourth-order valence-corrected chi connectivity index (χ4v) is 2.00. The van der Waals surface area contributed by atoms with E-state index in [2.05, 4.69) is 10.3 Å². The Morgan fingerprint density at radius 2 is 2.26 bits per heavy atom. The maximum absolute atomic E-state index is 11.0. The summed E-state index contributed by atoms with van der Waals surface area (Å²) in [6.07, 6.45) is -3.54. The molecule has 1 saturated heterocycles. The second-order valence-corrected chi connectivity index (χ2v) is 4.51. The molecule has 10 nitrogen and oxygen atoms in total. The van der Waals surface area contributed by atoms with Crippen LogP contribution in [0.1, 0.15) is 23.6 Å². The summed E-state index contributed by atoms with van der Waals surface area (Å²) >= 11 is 0. The van der Waals surface area contributed by atoms with E-state index >= 15 is 0 Å². The molecule has 1 aromatic heterocycles. The summed E-state index contributed by atoms with van der Waals surface area (Å²) in [5.41, 5.74) is 8.66. The first kappa shape index (κ1) is 13.7. The lowest BCUT2D eigenvalue weighted by atomic mass is 9.97. The van der Waals surface area contributed by atoms with Crippen molar-refractivity contribution in [2.24, 2.45) is 5.73 Å². The number of nitrogen functional groups attached to an aromatic ring is 1. The highest BCUT2D eigenvalue weighted by molar-refractivity contribution is 5.94. The molecule has 1 fully saturated rings. The Kier molecular flexibility index (Phi) is 3.18.